The molecule has 0 aliphatic rings. The zero-order valence-electron chi connectivity index (χ0n) is 7.88. The average molecular weight is 279 g/mol. The first-order valence-electron chi connectivity index (χ1n) is 4.33. The molecule has 0 radical (unpaired) electrons. The molecule has 1 aromatic carbocycles. The Morgan fingerprint density at radius 1 is 1.19 bits per heavy atom. The summed E-state index contributed by atoms with van der Waals surface area (Å²) >= 11 is 17.8. The summed E-state index contributed by atoms with van der Waals surface area (Å²) < 4.78 is 4.86. The number of hydrogen-bond donors (Lipinski definition) is 1. The summed E-state index contributed by atoms with van der Waals surface area (Å²) in [6.45, 7) is -0.223. The molecule has 0 saturated heterocycles. The van der Waals surface area contributed by atoms with Gasteiger partial charge in [-0.2, -0.15) is 0 Å². The average Bonchev–Trinajstić information content (AvgIpc) is 2.71. The Kier molecular flexibility index (Phi) is 3.40. The molecule has 0 atom stereocenters. The van der Waals surface area contributed by atoms with E-state index < -0.39 is 0 Å². The van der Waals surface area contributed by atoms with E-state index in [-0.39, 0.29) is 6.61 Å². The lowest BCUT2D eigenvalue weighted by molar-refractivity contribution is 0.229. The van der Waals surface area contributed by atoms with Crippen LogP contribution in [-0.4, -0.2) is 10.3 Å². The van der Waals surface area contributed by atoms with Crippen LogP contribution in [-0.2, 0) is 6.61 Å². The highest BCUT2D eigenvalue weighted by Gasteiger charge is 2.13. The third kappa shape index (κ3) is 2.18. The van der Waals surface area contributed by atoms with Crippen LogP contribution in [0.2, 0.25) is 15.1 Å². The number of nitrogens with zero attached hydrogens (tertiary/aromatic N) is 1. The largest absolute Gasteiger partial charge is 0.388 e. The van der Waals surface area contributed by atoms with E-state index in [4.69, 9.17) is 44.4 Å². The van der Waals surface area contributed by atoms with Gasteiger partial charge in [0.05, 0.1) is 10.0 Å². The highest BCUT2D eigenvalue weighted by molar-refractivity contribution is 6.45. The molecule has 6 heteroatoms. The van der Waals surface area contributed by atoms with Crippen LogP contribution < -0.4 is 0 Å². The van der Waals surface area contributed by atoms with Gasteiger partial charge in [-0.25, -0.2) is 0 Å². The molecule has 0 amide bonds. The normalized spacial score (nSPS) is 10.8. The number of hydrogen-bond acceptors (Lipinski definition) is 3. The Morgan fingerprint density at radius 3 is 2.56 bits per heavy atom. The van der Waals surface area contributed by atoms with Crippen molar-refractivity contribution in [2.45, 2.75) is 6.61 Å². The van der Waals surface area contributed by atoms with E-state index in [2.05, 4.69) is 5.16 Å². The van der Waals surface area contributed by atoms with Crippen LogP contribution >= 0.6 is 34.8 Å². The summed E-state index contributed by atoms with van der Waals surface area (Å²) in [5.74, 6) is 0.349. The SMILES string of the molecule is OCc1cc(-c2cc(Cl)cc(Cl)c2Cl)no1. The van der Waals surface area contributed by atoms with Crippen molar-refractivity contribution < 1.29 is 9.63 Å². The molecule has 1 heterocycles. The second kappa shape index (κ2) is 4.63. The van der Waals surface area contributed by atoms with Gasteiger partial charge in [-0.15, -0.1) is 0 Å². The van der Waals surface area contributed by atoms with Crippen LogP contribution in [0.4, 0.5) is 0 Å². The smallest absolute Gasteiger partial charge is 0.162 e. The van der Waals surface area contributed by atoms with Crippen molar-refractivity contribution in [2.24, 2.45) is 0 Å². The molecule has 2 rings (SSSR count). The zero-order valence-corrected chi connectivity index (χ0v) is 10.1. The van der Waals surface area contributed by atoms with Crippen molar-refractivity contribution in [1.82, 2.24) is 5.16 Å². The first-order chi connectivity index (χ1) is 7.61. The fourth-order valence-corrected chi connectivity index (χ4v) is 1.96. The van der Waals surface area contributed by atoms with Gasteiger partial charge in [-0.3, -0.25) is 0 Å². The minimum atomic E-state index is -0.223. The minimum absolute atomic E-state index is 0.223. The predicted molar refractivity (Wildman–Crippen MR) is 62.9 cm³/mol. The van der Waals surface area contributed by atoms with Gasteiger partial charge < -0.3 is 9.63 Å². The lowest BCUT2D eigenvalue weighted by atomic mass is 10.1. The van der Waals surface area contributed by atoms with Gasteiger partial charge in [-0.05, 0) is 12.1 Å². The fraction of sp³-hybridized carbons (Fsp3) is 0.100. The van der Waals surface area contributed by atoms with Crippen molar-refractivity contribution in [3.8, 4) is 11.3 Å². The van der Waals surface area contributed by atoms with Gasteiger partial charge >= 0.3 is 0 Å². The second-order valence-electron chi connectivity index (χ2n) is 3.09. The molecular weight excluding hydrogens is 272 g/mol. The van der Waals surface area contributed by atoms with Gasteiger partial charge in [0.2, 0.25) is 0 Å². The molecule has 0 aliphatic heterocycles. The first kappa shape index (κ1) is 11.7. The van der Waals surface area contributed by atoms with Crippen LogP contribution in [0.1, 0.15) is 5.76 Å². The second-order valence-corrected chi connectivity index (χ2v) is 4.31. The topological polar surface area (TPSA) is 46.3 Å². The third-order valence-corrected chi connectivity index (χ3v) is 3.00. The molecular formula is C10H6Cl3NO2. The van der Waals surface area contributed by atoms with Crippen LogP contribution in [0.5, 0.6) is 0 Å². The summed E-state index contributed by atoms with van der Waals surface area (Å²) in [5.41, 5.74) is 1.06. The van der Waals surface area contributed by atoms with Crippen molar-refractivity contribution in [1.29, 1.82) is 0 Å². The summed E-state index contributed by atoms with van der Waals surface area (Å²) in [4.78, 5) is 0. The molecule has 2 aromatic rings. The van der Waals surface area contributed by atoms with Crippen LogP contribution in [0, 0.1) is 0 Å². The third-order valence-electron chi connectivity index (χ3n) is 1.98. The Balaban J connectivity index is 2.54. The lowest BCUT2D eigenvalue weighted by Gasteiger charge is -2.02. The van der Waals surface area contributed by atoms with Gasteiger partial charge in [-0.1, -0.05) is 40.0 Å². The van der Waals surface area contributed by atoms with E-state index in [0.717, 1.165) is 0 Å². The number of rotatable bonds is 2. The van der Waals surface area contributed by atoms with Gasteiger partial charge in [0.25, 0.3) is 0 Å². The van der Waals surface area contributed by atoms with Crippen LogP contribution in [0.15, 0.2) is 22.7 Å². The molecule has 0 aliphatic carbocycles. The maximum Gasteiger partial charge on any atom is 0.162 e. The molecule has 0 unspecified atom stereocenters. The number of halogens is 3. The Bertz CT molecular complexity index is 525. The predicted octanol–water partition coefficient (Wildman–Crippen LogP) is 3.79. The maximum absolute atomic E-state index is 8.86. The summed E-state index contributed by atoms with van der Waals surface area (Å²) in [6.07, 6.45) is 0. The number of benzene rings is 1. The first-order valence-corrected chi connectivity index (χ1v) is 5.46. The van der Waals surface area contributed by atoms with Crippen molar-refractivity contribution in [3.63, 3.8) is 0 Å². The van der Waals surface area contributed by atoms with Crippen LogP contribution in [0.25, 0.3) is 11.3 Å². The summed E-state index contributed by atoms with van der Waals surface area (Å²) in [7, 11) is 0. The van der Waals surface area contributed by atoms with E-state index >= 15 is 0 Å². The molecule has 0 saturated carbocycles. The quantitative estimate of drug-likeness (QED) is 0.850. The van der Waals surface area contributed by atoms with Crippen molar-refractivity contribution in [3.05, 3.63) is 39.0 Å². The molecule has 0 spiro atoms. The summed E-state index contributed by atoms with van der Waals surface area (Å²) in [6, 6.07) is 4.75. The monoisotopic (exact) mass is 277 g/mol. The van der Waals surface area contributed by atoms with Gasteiger partial charge in [0.15, 0.2) is 5.76 Å². The minimum Gasteiger partial charge on any atom is -0.388 e. The van der Waals surface area contributed by atoms with Gasteiger partial charge in [0.1, 0.15) is 12.3 Å². The molecule has 0 bridgehead atoms. The summed E-state index contributed by atoms with van der Waals surface area (Å²) in [5, 5.41) is 13.8. The number of aliphatic hydroxyl groups excluding tert-OH is 1. The van der Waals surface area contributed by atoms with E-state index in [1.54, 1.807) is 18.2 Å². The van der Waals surface area contributed by atoms with E-state index in [9.17, 15) is 0 Å². The van der Waals surface area contributed by atoms with Gasteiger partial charge in [0, 0.05) is 16.7 Å². The highest BCUT2D eigenvalue weighted by atomic mass is 35.5. The number of aliphatic hydroxyl groups is 1. The Morgan fingerprint density at radius 2 is 1.94 bits per heavy atom. The Hall–Kier alpha value is -0.740. The molecule has 1 aromatic heterocycles. The molecule has 0 fully saturated rings. The zero-order chi connectivity index (χ0) is 11.7. The highest BCUT2D eigenvalue weighted by Crippen LogP contribution is 2.36. The van der Waals surface area contributed by atoms with Crippen molar-refractivity contribution >= 4 is 34.8 Å². The number of aromatic nitrogens is 1. The van der Waals surface area contributed by atoms with E-state index in [1.807, 2.05) is 0 Å². The fourth-order valence-electron chi connectivity index (χ4n) is 1.26. The molecule has 1 N–H and O–H groups in total. The van der Waals surface area contributed by atoms with Crippen molar-refractivity contribution in [2.75, 3.05) is 0 Å². The van der Waals surface area contributed by atoms with E-state index in [1.165, 1.54) is 0 Å². The van der Waals surface area contributed by atoms with Crippen LogP contribution in [0.3, 0.4) is 0 Å². The standard InChI is InChI=1S/C10H6Cl3NO2/c11-5-1-7(10(13)8(12)2-5)9-3-6(4-15)16-14-9/h1-3,15H,4H2. The molecule has 84 valence electrons. The maximum atomic E-state index is 8.86. The molecule has 3 nitrogen and oxygen atoms in total. The Labute approximate surface area is 107 Å². The molecule has 16 heavy (non-hydrogen) atoms. The van der Waals surface area contributed by atoms with E-state index in [0.29, 0.717) is 32.1 Å². The lowest BCUT2D eigenvalue weighted by Crippen LogP contribution is -1.81.